The number of thiophene rings is 1. The first-order valence-corrected chi connectivity index (χ1v) is 8.15. The average molecular weight is 310 g/mol. The van der Waals surface area contributed by atoms with Crippen LogP contribution in [0.3, 0.4) is 0 Å². The average Bonchev–Trinajstić information content (AvgIpc) is 2.77. The van der Waals surface area contributed by atoms with E-state index in [4.69, 9.17) is 5.14 Å². The maximum atomic E-state index is 12.0. The van der Waals surface area contributed by atoms with Gasteiger partial charge in [0, 0.05) is 10.6 Å². The van der Waals surface area contributed by atoms with Crippen LogP contribution in [0.25, 0.3) is 0 Å². The number of amides is 1. The van der Waals surface area contributed by atoms with Crippen LogP contribution in [-0.4, -0.2) is 14.3 Å². The number of benzene rings is 1. The number of rotatable bonds is 3. The Hall–Kier alpha value is -1.70. The van der Waals surface area contributed by atoms with Gasteiger partial charge in [-0.1, -0.05) is 6.07 Å². The van der Waals surface area contributed by atoms with Crippen molar-refractivity contribution in [2.45, 2.75) is 18.7 Å². The lowest BCUT2D eigenvalue weighted by Crippen LogP contribution is -2.15. The molecule has 0 aliphatic carbocycles. The molecule has 7 heteroatoms. The number of nitrogens with one attached hydrogen (secondary N) is 1. The molecule has 0 unspecified atom stereocenters. The second-order valence-electron chi connectivity index (χ2n) is 4.39. The number of hydrogen-bond acceptors (Lipinski definition) is 4. The molecular weight excluding hydrogens is 296 g/mol. The molecular formula is C13H14N2O3S2. The second-order valence-corrected chi connectivity index (χ2v) is 7.21. The fourth-order valence-electron chi connectivity index (χ4n) is 1.73. The maximum Gasteiger partial charge on any atom is 0.265 e. The molecule has 1 heterocycles. The molecule has 3 N–H and O–H groups in total. The number of anilines is 1. The Morgan fingerprint density at radius 3 is 2.45 bits per heavy atom. The molecule has 2 aromatic rings. The molecule has 0 bridgehead atoms. The highest BCUT2D eigenvalue weighted by atomic mass is 32.2. The summed E-state index contributed by atoms with van der Waals surface area (Å²) in [6, 6.07) is 8.19. The highest BCUT2D eigenvalue weighted by Gasteiger charge is 2.14. The third-order valence-electron chi connectivity index (χ3n) is 2.72. The lowest BCUT2D eigenvalue weighted by Gasteiger charge is -2.08. The molecule has 0 fully saturated rings. The standard InChI is InChI=1S/C13H14N2O3S2/c1-8-3-5-10(7-12(8)20(14,17)18)15-13(16)11-6-4-9(2)19-11/h3-7H,1-2H3,(H,15,16)(H2,14,17,18). The smallest absolute Gasteiger partial charge is 0.265 e. The number of sulfonamides is 1. The number of nitrogens with two attached hydrogens (primary N) is 1. The van der Waals surface area contributed by atoms with Crippen molar-refractivity contribution < 1.29 is 13.2 Å². The topological polar surface area (TPSA) is 89.3 Å². The van der Waals surface area contributed by atoms with Gasteiger partial charge in [0.05, 0.1) is 9.77 Å². The summed E-state index contributed by atoms with van der Waals surface area (Å²) in [5.41, 5.74) is 0.938. The minimum absolute atomic E-state index is 0.0117. The fourth-order valence-corrected chi connectivity index (χ4v) is 3.30. The molecule has 0 aliphatic heterocycles. The Morgan fingerprint density at radius 2 is 1.90 bits per heavy atom. The van der Waals surface area contributed by atoms with Gasteiger partial charge in [0.2, 0.25) is 10.0 Å². The summed E-state index contributed by atoms with van der Waals surface area (Å²) in [6.45, 7) is 3.56. The number of primary sulfonamides is 1. The molecule has 5 nitrogen and oxygen atoms in total. The van der Waals surface area contributed by atoms with Gasteiger partial charge in [-0.25, -0.2) is 13.6 Å². The van der Waals surface area contributed by atoms with E-state index in [9.17, 15) is 13.2 Å². The van der Waals surface area contributed by atoms with Crippen LogP contribution in [0.4, 0.5) is 5.69 Å². The van der Waals surface area contributed by atoms with Crippen molar-refractivity contribution in [1.82, 2.24) is 0 Å². The van der Waals surface area contributed by atoms with Crippen molar-refractivity contribution >= 4 is 33.0 Å². The molecule has 2 rings (SSSR count). The maximum absolute atomic E-state index is 12.0. The van der Waals surface area contributed by atoms with Gasteiger partial charge < -0.3 is 5.32 Å². The first kappa shape index (κ1) is 14.7. The summed E-state index contributed by atoms with van der Waals surface area (Å²) >= 11 is 1.37. The normalized spacial score (nSPS) is 11.3. The zero-order valence-corrected chi connectivity index (χ0v) is 12.6. The molecule has 106 valence electrons. The van der Waals surface area contributed by atoms with E-state index in [2.05, 4.69) is 5.32 Å². The van der Waals surface area contributed by atoms with Crippen molar-refractivity contribution in [3.05, 3.63) is 45.6 Å². The Kier molecular flexibility index (Phi) is 3.94. The van der Waals surface area contributed by atoms with Crippen LogP contribution < -0.4 is 10.5 Å². The predicted octanol–water partition coefficient (Wildman–Crippen LogP) is 2.26. The van der Waals surface area contributed by atoms with Gasteiger partial charge in [0.25, 0.3) is 5.91 Å². The van der Waals surface area contributed by atoms with Crippen LogP contribution in [0.5, 0.6) is 0 Å². The molecule has 0 aliphatic rings. The van der Waals surface area contributed by atoms with Gasteiger partial charge in [-0.05, 0) is 43.7 Å². The minimum atomic E-state index is -3.80. The van der Waals surface area contributed by atoms with E-state index in [1.807, 2.05) is 13.0 Å². The molecule has 1 aromatic heterocycles. The number of aryl methyl sites for hydroxylation is 2. The second kappa shape index (κ2) is 5.35. The third kappa shape index (κ3) is 3.24. The van der Waals surface area contributed by atoms with Gasteiger partial charge in [0.1, 0.15) is 0 Å². The molecule has 0 radical (unpaired) electrons. The minimum Gasteiger partial charge on any atom is -0.321 e. The highest BCUT2D eigenvalue weighted by molar-refractivity contribution is 7.89. The predicted molar refractivity (Wildman–Crippen MR) is 79.6 cm³/mol. The highest BCUT2D eigenvalue weighted by Crippen LogP contribution is 2.21. The van der Waals surface area contributed by atoms with Crippen molar-refractivity contribution in [3.8, 4) is 0 Å². The fraction of sp³-hybridized carbons (Fsp3) is 0.154. The van der Waals surface area contributed by atoms with Gasteiger partial charge in [-0.2, -0.15) is 0 Å². The number of carbonyl (C=O) groups excluding carboxylic acids is 1. The van der Waals surface area contributed by atoms with Crippen LogP contribution >= 0.6 is 11.3 Å². The zero-order chi connectivity index (χ0) is 14.9. The van der Waals surface area contributed by atoms with E-state index in [-0.39, 0.29) is 10.8 Å². The van der Waals surface area contributed by atoms with Crippen molar-refractivity contribution in [2.24, 2.45) is 5.14 Å². The summed E-state index contributed by atoms with van der Waals surface area (Å²) in [5, 5.41) is 7.80. The van der Waals surface area contributed by atoms with Gasteiger partial charge in [-0.15, -0.1) is 11.3 Å². The largest absolute Gasteiger partial charge is 0.321 e. The molecule has 20 heavy (non-hydrogen) atoms. The van der Waals surface area contributed by atoms with E-state index in [0.29, 0.717) is 16.1 Å². The zero-order valence-electron chi connectivity index (χ0n) is 11.0. The lowest BCUT2D eigenvalue weighted by molar-refractivity contribution is 0.103. The van der Waals surface area contributed by atoms with Crippen LogP contribution in [0.15, 0.2) is 35.2 Å². The van der Waals surface area contributed by atoms with E-state index in [1.165, 1.54) is 17.4 Å². The van der Waals surface area contributed by atoms with Crippen LogP contribution in [0.1, 0.15) is 20.1 Å². The van der Waals surface area contributed by atoms with Crippen molar-refractivity contribution in [1.29, 1.82) is 0 Å². The Balaban J connectivity index is 2.29. The molecule has 0 saturated heterocycles. The monoisotopic (exact) mass is 310 g/mol. The summed E-state index contributed by atoms with van der Waals surface area (Å²) < 4.78 is 22.9. The summed E-state index contributed by atoms with van der Waals surface area (Å²) in [7, 11) is -3.80. The Morgan fingerprint density at radius 1 is 1.20 bits per heavy atom. The number of hydrogen-bond donors (Lipinski definition) is 2. The molecule has 0 saturated carbocycles. The number of carbonyl (C=O) groups is 1. The van der Waals surface area contributed by atoms with E-state index < -0.39 is 10.0 Å². The lowest BCUT2D eigenvalue weighted by atomic mass is 10.2. The van der Waals surface area contributed by atoms with Gasteiger partial charge >= 0.3 is 0 Å². The van der Waals surface area contributed by atoms with E-state index >= 15 is 0 Å². The first-order valence-electron chi connectivity index (χ1n) is 5.78. The van der Waals surface area contributed by atoms with Crippen molar-refractivity contribution in [3.63, 3.8) is 0 Å². The van der Waals surface area contributed by atoms with Crippen LogP contribution in [0, 0.1) is 13.8 Å². The SMILES string of the molecule is Cc1ccc(C(=O)Nc2ccc(C)c(S(N)(=O)=O)c2)s1. The third-order valence-corrected chi connectivity index (χ3v) is 4.77. The summed E-state index contributed by atoms with van der Waals surface area (Å²) in [4.78, 5) is 13.6. The van der Waals surface area contributed by atoms with Crippen LogP contribution in [0.2, 0.25) is 0 Å². The van der Waals surface area contributed by atoms with Gasteiger partial charge in [-0.3, -0.25) is 4.79 Å². The molecule has 0 spiro atoms. The Bertz CT molecular complexity index is 764. The molecule has 1 amide bonds. The summed E-state index contributed by atoms with van der Waals surface area (Å²) in [6.07, 6.45) is 0. The van der Waals surface area contributed by atoms with Crippen LogP contribution in [-0.2, 0) is 10.0 Å². The van der Waals surface area contributed by atoms with Crippen molar-refractivity contribution in [2.75, 3.05) is 5.32 Å². The molecule has 0 atom stereocenters. The quantitative estimate of drug-likeness (QED) is 0.911. The van der Waals surface area contributed by atoms with Gasteiger partial charge in [0.15, 0.2) is 0 Å². The first-order chi connectivity index (χ1) is 9.27. The van der Waals surface area contributed by atoms with E-state index in [0.717, 1.165) is 4.88 Å². The summed E-state index contributed by atoms with van der Waals surface area (Å²) in [5.74, 6) is -0.271. The Labute approximate surface area is 121 Å². The molecule has 1 aromatic carbocycles. The van der Waals surface area contributed by atoms with E-state index in [1.54, 1.807) is 25.1 Å².